The maximum absolute atomic E-state index is 7.31. The van der Waals surface area contributed by atoms with Crippen LogP contribution >= 0.6 is 0 Å². The van der Waals surface area contributed by atoms with Gasteiger partial charge in [-0.3, -0.25) is 0 Å². The second kappa shape index (κ2) is 10.9. The molecular weight excluding hydrogens is 138 g/mol. The summed E-state index contributed by atoms with van der Waals surface area (Å²) < 4.78 is 0. The van der Waals surface area contributed by atoms with Crippen molar-refractivity contribution in [3.8, 4) is 0 Å². The molecule has 0 amide bonds. The Labute approximate surface area is 56.9 Å². The van der Waals surface area contributed by atoms with Crippen LogP contribution in [-0.4, -0.2) is 30.5 Å². The average Bonchev–Trinajstić information content (AvgIpc) is 1.66. The highest BCUT2D eigenvalue weighted by molar-refractivity contribution is 6.30. The van der Waals surface area contributed by atoms with Gasteiger partial charge in [-0.25, -0.2) is 0 Å². The first-order valence-electron chi connectivity index (χ1n) is 2.89. The van der Waals surface area contributed by atoms with Crippen LogP contribution in [0.4, 0.5) is 0 Å². The summed E-state index contributed by atoms with van der Waals surface area (Å²) in [4.78, 5) is 21.9. The molecule has 0 aliphatic carbocycles. The van der Waals surface area contributed by atoms with Gasteiger partial charge in [0.2, 0.25) is 0 Å². The molecule has 0 spiro atoms. The summed E-state index contributed by atoms with van der Waals surface area (Å²) in [6.45, 7) is 2.98. The van der Waals surface area contributed by atoms with Gasteiger partial charge in [0.25, 0.3) is 0 Å². The van der Waals surface area contributed by atoms with E-state index >= 15 is 0 Å². The van der Waals surface area contributed by atoms with Gasteiger partial charge < -0.3 is 20.1 Å². The lowest BCUT2D eigenvalue weighted by atomic mass is 10.3. The average molecular weight is 153 g/mol. The molecule has 0 aromatic heterocycles. The van der Waals surface area contributed by atoms with Crippen molar-refractivity contribution in [2.75, 3.05) is 6.54 Å². The summed E-state index contributed by atoms with van der Waals surface area (Å²) >= 11 is 0. The van der Waals surface area contributed by atoms with Crippen LogP contribution in [0.5, 0.6) is 0 Å². The van der Waals surface area contributed by atoms with Crippen LogP contribution < -0.4 is 5.73 Å². The fourth-order valence-electron chi connectivity index (χ4n) is 0.204. The van der Waals surface area contributed by atoms with Crippen molar-refractivity contribution in [2.24, 2.45) is 5.73 Å². The third-order valence-electron chi connectivity index (χ3n) is 0.558. The van der Waals surface area contributed by atoms with Gasteiger partial charge in [0.05, 0.1) is 0 Å². The normalized spacial score (nSPS) is 8.67. The molecule has 0 atom stereocenters. The van der Waals surface area contributed by atoms with E-state index in [1.165, 1.54) is 12.8 Å². The van der Waals surface area contributed by atoms with E-state index in [9.17, 15) is 0 Å². The van der Waals surface area contributed by atoms with E-state index in [-0.39, 0.29) is 0 Å². The first-order valence-corrected chi connectivity index (χ1v) is 4.44. The largest absolute Gasteiger partial charge is 0.475 e. The Morgan fingerprint density at radius 3 is 1.67 bits per heavy atom. The van der Waals surface area contributed by atoms with Crippen LogP contribution in [0.25, 0.3) is 0 Å². The van der Waals surface area contributed by atoms with Crippen molar-refractivity contribution in [1.29, 1.82) is 0 Å². The van der Waals surface area contributed by atoms with Gasteiger partial charge >= 0.3 is 9.53 Å². The lowest BCUT2D eigenvalue weighted by molar-refractivity contribution is 0.278. The van der Waals surface area contributed by atoms with Crippen LogP contribution in [0.3, 0.4) is 0 Å². The summed E-state index contributed by atoms with van der Waals surface area (Å²) in [5, 5.41) is 0. The molecule has 0 bridgehead atoms. The summed E-state index contributed by atoms with van der Waals surface area (Å²) in [5.41, 5.74) is 5.14. The molecule has 5 N–H and O–H groups in total. The zero-order chi connectivity index (χ0) is 7.70. The van der Waals surface area contributed by atoms with Crippen LogP contribution in [0.2, 0.25) is 0 Å². The van der Waals surface area contributed by atoms with E-state index in [4.69, 9.17) is 20.1 Å². The van der Waals surface area contributed by atoms with Crippen LogP contribution in [-0.2, 0) is 0 Å². The first-order chi connectivity index (χ1) is 4.15. The zero-order valence-corrected chi connectivity index (χ0v) is 6.77. The molecule has 0 radical (unpaired) electrons. The van der Waals surface area contributed by atoms with Crippen LogP contribution in [0.1, 0.15) is 19.8 Å². The maximum atomic E-state index is 7.31. The van der Waals surface area contributed by atoms with Crippen molar-refractivity contribution in [3.63, 3.8) is 0 Å². The maximum Gasteiger partial charge on any atom is 0.475 e. The number of rotatable bonds is 2. The molecule has 4 nitrogen and oxygen atoms in total. The fraction of sp³-hybridized carbons (Fsp3) is 1.00. The molecule has 0 unspecified atom stereocenters. The summed E-state index contributed by atoms with van der Waals surface area (Å²) in [5.74, 6) is 0. The Morgan fingerprint density at radius 2 is 1.67 bits per heavy atom. The Kier molecular flexibility index (Phi) is 14.3. The summed E-state index contributed by atoms with van der Waals surface area (Å²) in [6, 6.07) is 0. The van der Waals surface area contributed by atoms with Crippen molar-refractivity contribution >= 4 is 9.53 Å². The van der Waals surface area contributed by atoms with Crippen LogP contribution in [0.15, 0.2) is 0 Å². The van der Waals surface area contributed by atoms with E-state index in [1.807, 2.05) is 0 Å². The van der Waals surface area contributed by atoms with E-state index in [0.717, 1.165) is 6.54 Å². The number of hydrogen-bond acceptors (Lipinski definition) is 4. The lowest BCUT2D eigenvalue weighted by Crippen LogP contribution is -2.07. The van der Waals surface area contributed by atoms with Gasteiger partial charge in [-0.2, -0.15) is 0 Å². The van der Waals surface area contributed by atoms with Gasteiger partial charge in [0.1, 0.15) is 0 Å². The lowest BCUT2D eigenvalue weighted by Gasteiger charge is -1.80. The number of unbranched alkanes of at least 4 members (excludes halogenated alkanes) is 1. The van der Waals surface area contributed by atoms with Crippen molar-refractivity contribution in [2.45, 2.75) is 19.8 Å². The minimum absolute atomic E-state index is 0.844. The van der Waals surface area contributed by atoms with Gasteiger partial charge in [-0.15, -0.1) is 0 Å². The third kappa shape index (κ3) is 69.9. The standard InChI is InChI=1S/C4H11N.H4O3Si/c1-2-3-4-5;1-4(2)3/h2-5H2,1H3;1-4H. The van der Waals surface area contributed by atoms with E-state index in [0.29, 0.717) is 0 Å². The predicted octanol–water partition coefficient (Wildman–Crippen LogP) is -1.57. The number of hydrogen-bond donors (Lipinski definition) is 4. The highest BCUT2D eigenvalue weighted by Gasteiger charge is 1.83. The minimum atomic E-state index is -3.14. The molecule has 0 saturated carbocycles. The molecule has 0 saturated heterocycles. The first kappa shape index (κ1) is 11.8. The monoisotopic (exact) mass is 153 g/mol. The Morgan fingerprint density at radius 1 is 1.33 bits per heavy atom. The SMILES string of the molecule is CCCCN.O[SiH](O)O. The van der Waals surface area contributed by atoms with E-state index in [2.05, 4.69) is 6.92 Å². The summed E-state index contributed by atoms with van der Waals surface area (Å²) in [7, 11) is -3.14. The Bertz CT molecular complexity index is 40.0. The molecule has 5 heteroatoms. The van der Waals surface area contributed by atoms with E-state index < -0.39 is 9.53 Å². The molecule has 9 heavy (non-hydrogen) atoms. The molecule has 58 valence electrons. The van der Waals surface area contributed by atoms with Crippen LogP contribution in [0, 0.1) is 0 Å². The highest BCUT2D eigenvalue weighted by Crippen LogP contribution is 1.77. The second-order valence-corrected chi connectivity index (χ2v) is 2.18. The second-order valence-electron chi connectivity index (χ2n) is 1.49. The van der Waals surface area contributed by atoms with Gasteiger partial charge in [0.15, 0.2) is 0 Å². The van der Waals surface area contributed by atoms with Crippen molar-refractivity contribution in [1.82, 2.24) is 0 Å². The molecular formula is C4H15NO3Si. The molecule has 0 aliphatic heterocycles. The third-order valence-corrected chi connectivity index (χ3v) is 0.558. The topological polar surface area (TPSA) is 86.7 Å². The smallest absolute Gasteiger partial charge is 0.392 e. The molecule has 0 heterocycles. The Balaban J connectivity index is 0. The highest BCUT2D eigenvalue weighted by atomic mass is 28.3. The van der Waals surface area contributed by atoms with Gasteiger partial charge in [0, 0.05) is 0 Å². The predicted molar refractivity (Wildman–Crippen MR) is 37.8 cm³/mol. The van der Waals surface area contributed by atoms with Crippen molar-refractivity contribution < 1.29 is 14.4 Å². The summed E-state index contributed by atoms with van der Waals surface area (Å²) in [6.07, 6.45) is 2.39. The minimum Gasteiger partial charge on any atom is -0.392 e. The Hall–Kier alpha value is 0.0569. The number of nitrogens with two attached hydrogens (primary N) is 1. The van der Waals surface area contributed by atoms with Gasteiger partial charge in [-0.1, -0.05) is 13.3 Å². The zero-order valence-electron chi connectivity index (χ0n) is 5.62. The van der Waals surface area contributed by atoms with Gasteiger partial charge in [-0.05, 0) is 13.0 Å². The molecule has 0 aromatic carbocycles. The molecule has 0 fully saturated rings. The fourth-order valence-corrected chi connectivity index (χ4v) is 0.204. The molecule has 0 aliphatic rings. The quantitative estimate of drug-likeness (QED) is 0.361. The van der Waals surface area contributed by atoms with E-state index in [1.54, 1.807) is 0 Å². The molecule has 0 aromatic rings. The molecule has 0 rings (SSSR count). The van der Waals surface area contributed by atoms with Crippen molar-refractivity contribution in [3.05, 3.63) is 0 Å².